The van der Waals surface area contributed by atoms with Crippen molar-refractivity contribution in [1.29, 1.82) is 0 Å². The molecule has 4 heteroatoms. The number of hydrogen-bond donors (Lipinski definition) is 1. The Bertz CT molecular complexity index is 945. The van der Waals surface area contributed by atoms with Gasteiger partial charge in [0.25, 0.3) is 0 Å². The fourth-order valence-electron chi connectivity index (χ4n) is 4.07. The van der Waals surface area contributed by atoms with Crippen LogP contribution in [0, 0.1) is 6.92 Å². The molecule has 0 atom stereocenters. The lowest BCUT2D eigenvalue weighted by atomic mass is 10.0. The number of piperidine rings is 1. The summed E-state index contributed by atoms with van der Waals surface area (Å²) < 4.78 is 5.25. The van der Waals surface area contributed by atoms with E-state index < -0.39 is 0 Å². The van der Waals surface area contributed by atoms with E-state index >= 15 is 0 Å². The van der Waals surface area contributed by atoms with Crippen LogP contribution in [0.3, 0.4) is 0 Å². The molecule has 4 nitrogen and oxygen atoms in total. The average molecular weight is 388 g/mol. The molecule has 1 fully saturated rings. The van der Waals surface area contributed by atoms with Gasteiger partial charge in [-0.15, -0.1) is 0 Å². The van der Waals surface area contributed by atoms with Gasteiger partial charge in [0.2, 0.25) is 0 Å². The first-order chi connectivity index (χ1) is 14.2. The molecule has 0 bridgehead atoms. The number of ether oxygens (including phenoxy) is 1. The highest BCUT2D eigenvalue weighted by atomic mass is 16.5. The van der Waals surface area contributed by atoms with E-state index in [1.54, 1.807) is 7.11 Å². The zero-order valence-electron chi connectivity index (χ0n) is 17.3. The van der Waals surface area contributed by atoms with Crippen LogP contribution in [0.2, 0.25) is 0 Å². The molecule has 4 rings (SSSR count). The van der Waals surface area contributed by atoms with Crippen LogP contribution in [-0.4, -0.2) is 20.2 Å². The molecule has 0 radical (unpaired) electrons. The third-order valence-corrected chi connectivity index (χ3v) is 5.72. The molecule has 150 valence electrons. The van der Waals surface area contributed by atoms with Crippen LogP contribution in [0.5, 0.6) is 5.75 Å². The Kier molecular flexibility index (Phi) is 5.72. The van der Waals surface area contributed by atoms with Crippen LogP contribution in [0.25, 0.3) is 11.1 Å². The zero-order valence-corrected chi connectivity index (χ0v) is 17.3. The quantitative estimate of drug-likeness (QED) is 0.452. The van der Waals surface area contributed by atoms with Gasteiger partial charge in [0.15, 0.2) is 0 Å². The Morgan fingerprint density at radius 1 is 0.828 bits per heavy atom. The molecule has 0 amide bonds. The lowest BCUT2D eigenvalue weighted by Gasteiger charge is -2.33. The van der Waals surface area contributed by atoms with Crippen molar-refractivity contribution >= 4 is 17.1 Å². The predicted octanol–water partition coefficient (Wildman–Crippen LogP) is 5.67. The van der Waals surface area contributed by atoms with Crippen molar-refractivity contribution in [2.75, 3.05) is 30.1 Å². The third kappa shape index (κ3) is 4.08. The number of nitrogens with zero attached hydrogens (tertiary/aromatic N) is 2. The van der Waals surface area contributed by atoms with Crippen molar-refractivity contribution in [2.24, 2.45) is 5.84 Å². The summed E-state index contributed by atoms with van der Waals surface area (Å²) in [6.45, 7) is 4.33. The number of anilines is 3. The Hall–Kier alpha value is -2.98. The summed E-state index contributed by atoms with van der Waals surface area (Å²) in [6.07, 6.45) is 3.81. The van der Waals surface area contributed by atoms with Crippen LogP contribution < -0.4 is 20.5 Å². The SMILES string of the molecule is COc1ccc(-c2ccc(N(N)c3c(C)cccc3N3CCCCC3)cc2)cc1. The molecule has 3 aromatic carbocycles. The van der Waals surface area contributed by atoms with Gasteiger partial charge in [-0.05, 0) is 73.2 Å². The molecule has 1 aliphatic rings. The van der Waals surface area contributed by atoms with E-state index in [1.165, 1.54) is 30.5 Å². The van der Waals surface area contributed by atoms with Crippen molar-refractivity contribution in [2.45, 2.75) is 26.2 Å². The highest BCUT2D eigenvalue weighted by Crippen LogP contribution is 2.37. The fraction of sp³-hybridized carbons (Fsp3) is 0.280. The summed E-state index contributed by atoms with van der Waals surface area (Å²) in [6, 6.07) is 23.0. The lowest BCUT2D eigenvalue weighted by molar-refractivity contribution is 0.415. The largest absolute Gasteiger partial charge is 0.497 e. The standard InChI is InChI=1S/C25H29N3O/c1-19-7-6-8-24(27-17-4-3-5-18-27)25(19)28(26)22-13-9-20(10-14-22)21-11-15-23(29-2)16-12-21/h6-16H,3-5,17-18,26H2,1-2H3. The number of hydrazine groups is 1. The molecule has 1 heterocycles. The Morgan fingerprint density at radius 3 is 2.07 bits per heavy atom. The Morgan fingerprint density at radius 2 is 1.45 bits per heavy atom. The topological polar surface area (TPSA) is 41.7 Å². The zero-order chi connectivity index (χ0) is 20.2. The second-order valence-electron chi connectivity index (χ2n) is 7.64. The molecule has 0 unspecified atom stereocenters. The number of para-hydroxylation sites is 1. The Balaban J connectivity index is 1.62. The minimum atomic E-state index is 0.864. The second kappa shape index (κ2) is 8.58. The minimum Gasteiger partial charge on any atom is -0.497 e. The van der Waals surface area contributed by atoms with E-state index in [0.29, 0.717) is 0 Å². The maximum Gasteiger partial charge on any atom is 0.118 e. The number of methoxy groups -OCH3 is 1. The van der Waals surface area contributed by atoms with Crippen molar-refractivity contribution in [1.82, 2.24) is 0 Å². The van der Waals surface area contributed by atoms with Crippen molar-refractivity contribution < 1.29 is 4.74 Å². The van der Waals surface area contributed by atoms with Gasteiger partial charge in [-0.1, -0.05) is 36.4 Å². The third-order valence-electron chi connectivity index (χ3n) is 5.72. The fourth-order valence-corrected chi connectivity index (χ4v) is 4.07. The number of hydrogen-bond acceptors (Lipinski definition) is 4. The van der Waals surface area contributed by atoms with Gasteiger partial charge >= 0.3 is 0 Å². The average Bonchev–Trinajstić information content (AvgIpc) is 2.79. The molecule has 0 aliphatic carbocycles. The predicted molar refractivity (Wildman–Crippen MR) is 122 cm³/mol. The smallest absolute Gasteiger partial charge is 0.118 e. The van der Waals surface area contributed by atoms with E-state index in [0.717, 1.165) is 41.3 Å². The first kappa shape index (κ1) is 19.3. The number of aryl methyl sites for hydroxylation is 1. The van der Waals surface area contributed by atoms with E-state index in [2.05, 4.69) is 66.4 Å². The molecule has 3 aromatic rings. The summed E-state index contributed by atoms with van der Waals surface area (Å²) >= 11 is 0. The van der Waals surface area contributed by atoms with Crippen LogP contribution in [-0.2, 0) is 0 Å². The molecule has 0 saturated carbocycles. The molecule has 0 spiro atoms. The normalized spacial score (nSPS) is 14.0. The summed E-state index contributed by atoms with van der Waals surface area (Å²) in [5.41, 5.74) is 6.80. The summed E-state index contributed by atoms with van der Waals surface area (Å²) in [5, 5.41) is 1.83. The molecular weight excluding hydrogens is 358 g/mol. The molecule has 1 saturated heterocycles. The highest BCUT2D eigenvalue weighted by molar-refractivity contribution is 5.80. The molecule has 1 aliphatic heterocycles. The summed E-state index contributed by atoms with van der Waals surface area (Å²) in [7, 11) is 1.68. The van der Waals surface area contributed by atoms with Crippen molar-refractivity contribution in [3.63, 3.8) is 0 Å². The summed E-state index contributed by atoms with van der Waals surface area (Å²) in [5.74, 6) is 7.51. The van der Waals surface area contributed by atoms with Crippen LogP contribution in [0.15, 0.2) is 66.7 Å². The maximum atomic E-state index is 6.64. The maximum absolute atomic E-state index is 6.64. The van der Waals surface area contributed by atoms with Gasteiger partial charge in [-0.25, -0.2) is 5.84 Å². The molecular formula is C25H29N3O. The molecule has 0 aromatic heterocycles. The van der Waals surface area contributed by atoms with E-state index in [9.17, 15) is 0 Å². The van der Waals surface area contributed by atoms with Crippen LogP contribution in [0.4, 0.5) is 17.1 Å². The second-order valence-corrected chi connectivity index (χ2v) is 7.64. The van der Waals surface area contributed by atoms with Gasteiger partial charge in [0.05, 0.1) is 24.2 Å². The van der Waals surface area contributed by atoms with E-state index in [-0.39, 0.29) is 0 Å². The first-order valence-corrected chi connectivity index (χ1v) is 10.3. The Labute approximate surface area is 173 Å². The summed E-state index contributed by atoms with van der Waals surface area (Å²) in [4.78, 5) is 2.47. The van der Waals surface area contributed by atoms with Gasteiger partial charge < -0.3 is 9.64 Å². The first-order valence-electron chi connectivity index (χ1n) is 10.3. The van der Waals surface area contributed by atoms with Gasteiger partial charge in [0.1, 0.15) is 5.75 Å². The van der Waals surface area contributed by atoms with Crippen molar-refractivity contribution in [3.05, 3.63) is 72.3 Å². The number of nitrogens with two attached hydrogens (primary N) is 1. The minimum absolute atomic E-state index is 0.864. The van der Waals surface area contributed by atoms with Gasteiger partial charge in [-0.2, -0.15) is 0 Å². The van der Waals surface area contributed by atoms with Crippen LogP contribution in [0.1, 0.15) is 24.8 Å². The monoisotopic (exact) mass is 387 g/mol. The van der Waals surface area contributed by atoms with Gasteiger partial charge in [-0.3, -0.25) is 5.01 Å². The lowest BCUT2D eigenvalue weighted by Crippen LogP contribution is -2.33. The molecule has 29 heavy (non-hydrogen) atoms. The van der Waals surface area contributed by atoms with E-state index in [4.69, 9.17) is 10.6 Å². The van der Waals surface area contributed by atoms with Crippen molar-refractivity contribution in [3.8, 4) is 16.9 Å². The number of rotatable bonds is 5. The van der Waals surface area contributed by atoms with E-state index in [1.807, 2.05) is 17.1 Å². The highest BCUT2D eigenvalue weighted by Gasteiger charge is 2.19. The van der Waals surface area contributed by atoms with Gasteiger partial charge in [0, 0.05) is 13.1 Å². The number of benzene rings is 3. The molecule has 2 N–H and O–H groups in total. The van der Waals surface area contributed by atoms with Crippen LogP contribution >= 0.6 is 0 Å².